The van der Waals surface area contributed by atoms with Crippen molar-refractivity contribution in [3.05, 3.63) is 59.9 Å². The van der Waals surface area contributed by atoms with Crippen molar-refractivity contribution in [2.24, 2.45) is 5.73 Å². The van der Waals surface area contributed by atoms with Gasteiger partial charge < -0.3 is 29.9 Å². The van der Waals surface area contributed by atoms with Crippen LogP contribution in [0.5, 0.6) is 0 Å². The van der Waals surface area contributed by atoms with Crippen LogP contribution in [0.4, 0.5) is 5.69 Å². The number of rotatable bonds is 10. The SMILES string of the molecule is COCCCn1c([C@@H]2CCCN(C(=O)C[C@H](N)Cc3ccc(N4CCC(O)CC4)cc3)C2)nc2ccccc21. The van der Waals surface area contributed by atoms with E-state index in [1.165, 1.54) is 5.69 Å². The molecule has 8 heteroatoms. The fraction of sp³-hybridized carbons (Fsp3) is 0.548. The normalized spacial score (nSPS) is 19.5. The number of amides is 1. The van der Waals surface area contributed by atoms with E-state index in [2.05, 4.69) is 51.9 Å². The number of imidazole rings is 1. The highest BCUT2D eigenvalue weighted by Crippen LogP contribution is 2.30. The van der Waals surface area contributed by atoms with E-state index >= 15 is 0 Å². The molecule has 0 unspecified atom stereocenters. The zero-order chi connectivity index (χ0) is 27.2. The Morgan fingerprint density at radius 1 is 1.10 bits per heavy atom. The van der Waals surface area contributed by atoms with Crippen LogP contribution in [0.25, 0.3) is 11.0 Å². The van der Waals surface area contributed by atoms with Crippen LogP contribution in [0.15, 0.2) is 48.5 Å². The Morgan fingerprint density at radius 2 is 1.87 bits per heavy atom. The maximum atomic E-state index is 13.3. The molecule has 2 aliphatic rings. The van der Waals surface area contributed by atoms with Crippen molar-refractivity contribution in [2.45, 2.75) is 69.6 Å². The summed E-state index contributed by atoms with van der Waals surface area (Å²) in [7, 11) is 1.74. The van der Waals surface area contributed by atoms with E-state index < -0.39 is 0 Å². The van der Waals surface area contributed by atoms with Gasteiger partial charge in [0.25, 0.3) is 0 Å². The lowest BCUT2D eigenvalue weighted by atomic mass is 9.96. The number of hydrogen-bond donors (Lipinski definition) is 2. The zero-order valence-electron chi connectivity index (χ0n) is 23.2. The molecule has 3 heterocycles. The molecule has 0 aliphatic carbocycles. The number of methoxy groups -OCH3 is 1. The van der Waals surface area contributed by atoms with Gasteiger partial charge in [0.1, 0.15) is 5.82 Å². The number of benzene rings is 2. The van der Waals surface area contributed by atoms with Crippen molar-refractivity contribution in [3.8, 4) is 0 Å². The Labute approximate surface area is 231 Å². The van der Waals surface area contributed by atoms with Crippen molar-refractivity contribution >= 4 is 22.6 Å². The van der Waals surface area contributed by atoms with E-state index in [1.807, 2.05) is 11.0 Å². The number of ether oxygens (including phenoxy) is 1. The van der Waals surface area contributed by atoms with Gasteiger partial charge in [-0.25, -0.2) is 4.98 Å². The van der Waals surface area contributed by atoms with Gasteiger partial charge in [0, 0.05) is 70.5 Å². The topological polar surface area (TPSA) is 96.8 Å². The summed E-state index contributed by atoms with van der Waals surface area (Å²) in [4.78, 5) is 22.6. The molecule has 2 saturated heterocycles. The predicted molar refractivity (Wildman–Crippen MR) is 155 cm³/mol. The number of nitrogens with two attached hydrogens (primary N) is 1. The third kappa shape index (κ3) is 6.80. The number of anilines is 1. The van der Waals surface area contributed by atoms with E-state index in [1.54, 1.807) is 7.11 Å². The van der Waals surface area contributed by atoms with Gasteiger partial charge in [-0.3, -0.25) is 4.79 Å². The Bertz CT molecular complexity index is 1220. The fourth-order valence-corrected chi connectivity index (χ4v) is 6.12. The first kappa shape index (κ1) is 27.6. The third-order valence-corrected chi connectivity index (χ3v) is 8.25. The molecular weight excluding hydrogens is 490 g/mol. The maximum Gasteiger partial charge on any atom is 0.224 e. The van der Waals surface area contributed by atoms with Gasteiger partial charge in [-0.15, -0.1) is 0 Å². The number of para-hydroxylation sites is 2. The molecule has 3 aromatic rings. The van der Waals surface area contributed by atoms with Crippen LogP contribution >= 0.6 is 0 Å². The second-order valence-electron chi connectivity index (χ2n) is 11.2. The monoisotopic (exact) mass is 533 g/mol. The van der Waals surface area contributed by atoms with Crippen molar-refractivity contribution in [1.29, 1.82) is 0 Å². The summed E-state index contributed by atoms with van der Waals surface area (Å²) >= 11 is 0. The minimum Gasteiger partial charge on any atom is -0.393 e. The highest BCUT2D eigenvalue weighted by molar-refractivity contribution is 5.78. The molecule has 0 radical (unpaired) electrons. The number of carbonyl (C=O) groups is 1. The number of likely N-dealkylation sites (tertiary alicyclic amines) is 1. The first-order chi connectivity index (χ1) is 19.0. The summed E-state index contributed by atoms with van der Waals surface area (Å²) in [6, 6.07) is 16.6. The van der Waals surface area contributed by atoms with E-state index in [-0.39, 0.29) is 24.0 Å². The summed E-state index contributed by atoms with van der Waals surface area (Å²) in [5.74, 6) is 1.44. The van der Waals surface area contributed by atoms with Crippen LogP contribution in [0.3, 0.4) is 0 Å². The number of carbonyl (C=O) groups excluding carboxylic acids is 1. The number of fused-ring (bicyclic) bond motifs is 1. The van der Waals surface area contributed by atoms with Gasteiger partial charge in [-0.05, 0) is 68.4 Å². The Balaban J connectivity index is 1.18. The van der Waals surface area contributed by atoms with Crippen molar-refractivity contribution in [2.75, 3.05) is 44.8 Å². The summed E-state index contributed by atoms with van der Waals surface area (Å²) in [6.45, 7) is 4.81. The molecule has 0 bridgehead atoms. The molecule has 39 heavy (non-hydrogen) atoms. The third-order valence-electron chi connectivity index (χ3n) is 8.25. The molecule has 3 N–H and O–H groups in total. The lowest BCUT2D eigenvalue weighted by molar-refractivity contribution is -0.132. The molecule has 1 aromatic heterocycles. The average molecular weight is 534 g/mol. The fourth-order valence-electron chi connectivity index (χ4n) is 6.12. The Morgan fingerprint density at radius 3 is 2.64 bits per heavy atom. The average Bonchev–Trinajstić information content (AvgIpc) is 3.33. The van der Waals surface area contributed by atoms with Crippen LogP contribution in [-0.2, 0) is 22.5 Å². The van der Waals surface area contributed by atoms with Crippen LogP contribution in [-0.4, -0.2) is 77.5 Å². The van der Waals surface area contributed by atoms with Gasteiger partial charge in [0.05, 0.1) is 17.1 Å². The number of aliphatic hydroxyl groups excluding tert-OH is 1. The molecule has 0 saturated carbocycles. The van der Waals surface area contributed by atoms with Crippen LogP contribution in [0.1, 0.15) is 55.8 Å². The molecule has 0 spiro atoms. The van der Waals surface area contributed by atoms with E-state index in [0.29, 0.717) is 26.0 Å². The van der Waals surface area contributed by atoms with Crippen molar-refractivity contribution < 1.29 is 14.6 Å². The quantitative estimate of drug-likeness (QED) is 0.386. The molecule has 2 aliphatic heterocycles. The number of aryl methyl sites for hydroxylation is 1. The van der Waals surface area contributed by atoms with Crippen molar-refractivity contribution in [1.82, 2.24) is 14.5 Å². The lowest BCUT2D eigenvalue weighted by Gasteiger charge is -2.33. The van der Waals surface area contributed by atoms with E-state index in [0.717, 1.165) is 80.7 Å². The number of aliphatic hydroxyl groups is 1. The molecule has 2 atom stereocenters. The second kappa shape index (κ2) is 12.9. The van der Waals surface area contributed by atoms with Gasteiger partial charge in [0.2, 0.25) is 5.91 Å². The smallest absolute Gasteiger partial charge is 0.224 e. The van der Waals surface area contributed by atoms with E-state index in [4.69, 9.17) is 15.5 Å². The predicted octanol–water partition coefficient (Wildman–Crippen LogP) is 3.70. The molecule has 1 amide bonds. The first-order valence-electron chi connectivity index (χ1n) is 14.5. The molecular formula is C31H43N5O3. The van der Waals surface area contributed by atoms with Gasteiger partial charge in [-0.1, -0.05) is 24.3 Å². The minimum atomic E-state index is -0.215. The largest absolute Gasteiger partial charge is 0.393 e. The number of hydrogen-bond acceptors (Lipinski definition) is 6. The summed E-state index contributed by atoms with van der Waals surface area (Å²) in [5.41, 5.74) is 11.0. The van der Waals surface area contributed by atoms with Crippen molar-refractivity contribution in [3.63, 3.8) is 0 Å². The molecule has 2 aromatic carbocycles. The summed E-state index contributed by atoms with van der Waals surface area (Å²) < 4.78 is 7.62. The number of aromatic nitrogens is 2. The summed E-state index contributed by atoms with van der Waals surface area (Å²) in [5, 5.41) is 9.76. The zero-order valence-corrected chi connectivity index (χ0v) is 23.2. The maximum absolute atomic E-state index is 13.3. The van der Waals surface area contributed by atoms with Crippen LogP contribution in [0, 0.1) is 0 Å². The summed E-state index contributed by atoms with van der Waals surface area (Å²) in [6.07, 6.45) is 5.42. The van der Waals surface area contributed by atoms with Gasteiger partial charge in [-0.2, -0.15) is 0 Å². The first-order valence-corrected chi connectivity index (χ1v) is 14.5. The molecule has 2 fully saturated rings. The van der Waals surface area contributed by atoms with E-state index in [9.17, 15) is 9.90 Å². The second-order valence-corrected chi connectivity index (χ2v) is 11.2. The lowest BCUT2D eigenvalue weighted by Crippen LogP contribution is -2.42. The Kier molecular flexibility index (Phi) is 9.17. The van der Waals surface area contributed by atoms with Crippen LogP contribution in [0.2, 0.25) is 0 Å². The van der Waals surface area contributed by atoms with Gasteiger partial charge >= 0.3 is 0 Å². The number of nitrogens with zero attached hydrogens (tertiary/aromatic N) is 4. The highest BCUT2D eigenvalue weighted by Gasteiger charge is 2.29. The number of piperidine rings is 2. The Hall–Kier alpha value is -2.94. The minimum absolute atomic E-state index is 0.137. The highest BCUT2D eigenvalue weighted by atomic mass is 16.5. The molecule has 8 nitrogen and oxygen atoms in total. The molecule has 5 rings (SSSR count). The molecule has 210 valence electrons. The standard InChI is InChI=1S/C31H43N5O3/c1-39-19-5-16-36-29-8-3-2-7-28(29)33-31(36)24-6-4-15-35(22-24)30(38)21-25(32)20-23-9-11-26(12-10-23)34-17-13-27(37)14-18-34/h2-3,7-12,24-25,27,37H,4-6,13-22,32H2,1H3/t24-,25-/m1/s1. The van der Waals surface area contributed by atoms with Crippen LogP contribution < -0.4 is 10.6 Å². The van der Waals surface area contributed by atoms with Gasteiger partial charge in [0.15, 0.2) is 0 Å².